The van der Waals surface area contributed by atoms with Crippen molar-refractivity contribution < 1.29 is 9.90 Å². The molecule has 1 amide bonds. The molecule has 4 rings (SSSR count). The van der Waals surface area contributed by atoms with Crippen molar-refractivity contribution in [2.24, 2.45) is 0 Å². The first-order chi connectivity index (χ1) is 11.3. The summed E-state index contributed by atoms with van der Waals surface area (Å²) in [6.07, 6.45) is 3.75. The Morgan fingerprint density at radius 1 is 1.30 bits per heavy atom. The van der Waals surface area contributed by atoms with Gasteiger partial charge in [0.05, 0.1) is 25.1 Å². The van der Waals surface area contributed by atoms with Crippen molar-refractivity contribution in [1.82, 2.24) is 9.88 Å². The number of aliphatic hydroxyl groups is 1. The molecule has 0 aliphatic carbocycles. The number of nitrogens with zero attached hydrogens (tertiary/aromatic N) is 2. The maximum Gasteiger partial charge on any atom is 0.227 e. The van der Waals surface area contributed by atoms with Crippen molar-refractivity contribution in [2.45, 2.75) is 24.4 Å². The Hall–Kier alpha value is -2.40. The predicted molar refractivity (Wildman–Crippen MR) is 87.1 cm³/mol. The first-order valence-corrected chi connectivity index (χ1v) is 7.93. The number of carbonyl (C=O) groups excluding carboxylic acids is 1. The Balaban J connectivity index is 1.56. The van der Waals surface area contributed by atoms with Gasteiger partial charge < -0.3 is 15.3 Å². The van der Waals surface area contributed by atoms with Gasteiger partial charge in [-0.1, -0.05) is 24.3 Å². The minimum atomic E-state index is -0.132. The van der Waals surface area contributed by atoms with Gasteiger partial charge in [-0.05, 0) is 23.3 Å². The standard InChI is InChI=1S/C18H19N3O2/c22-11-16-18-13-5-1-2-6-14(13)20-10-15(18)21(16)17(23)8-12-4-3-7-19-9-12/h1-7,9,15-16,18,20,22H,8,10-11H2/t15-,16+,18+/m1/s1. The highest BCUT2D eigenvalue weighted by Crippen LogP contribution is 2.46. The number of aromatic nitrogens is 1. The first kappa shape index (κ1) is 14.2. The minimum Gasteiger partial charge on any atom is -0.394 e. The first-order valence-electron chi connectivity index (χ1n) is 7.93. The van der Waals surface area contributed by atoms with Crippen LogP contribution in [-0.2, 0) is 11.2 Å². The molecule has 118 valence electrons. The molecular formula is C18H19N3O2. The van der Waals surface area contributed by atoms with Gasteiger partial charge in [0.1, 0.15) is 0 Å². The summed E-state index contributed by atoms with van der Waals surface area (Å²) in [6, 6.07) is 11.9. The highest BCUT2D eigenvalue weighted by atomic mass is 16.3. The van der Waals surface area contributed by atoms with E-state index in [4.69, 9.17) is 0 Å². The molecule has 0 spiro atoms. The van der Waals surface area contributed by atoms with Crippen LogP contribution in [0.1, 0.15) is 17.0 Å². The second-order valence-electron chi connectivity index (χ2n) is 6.15. The van der Waals surface area contributed by atoms with Crippen LogP contribution in [0.2, 0.25) is 0 Å². The molecule has 0 saturated carbocycles. The van der Waals surface area contributed by atoms with Gasteiger partial charge in [-0.25, -0.2) is 0 Å². The normalized spacial score (nSPS) is 24.9. The molecule has 23 heavy (non-hydrogen) atoms. The SMILES string of the molecule is O=C(Cc1cccnc1)N1[C@@H]2CNc3ccccc3[C@@H]2[C@@H]1CO. The Morgan fingerprint density at radius 3 is 2.96 bits per heavy atom. The lowest BCUT2D eigenvalue weighted by molar-refractivity contribution is -0.149. The maximum absolute atomic E-state index is 12.7. The van der Waals surface area contributed by atoms with Gasteiger partial charge in [0.25, 0.3) is 0 Å². The van der Waals surface area contributed by atoms with Crippen LogP contribution >= 0.6 is 0 Å². The number of amides is 1. The molecule has 3 atom stereocenters. The number of hydrogen-bond donors (Lipinski definition) is 2. The molecule has 2 N–H and O–H groups in total. The van der Waals surface area contributed by atoms with Crippen molar-refractivity contribution in [2.75, 3.05) is 18.5 Å². The summed E-state index contributed by atoms with van der Waals surface area (Å²) in [4.78, 5) is 18.6. The molecule has 0 bridgehead atoms. The van der Waals surface area contributed by atoms with Crippen LogP contribution in [0.15, 0.2) is 48.8 Å². The fourth-order valence-electron chi connectivity index (χ4n) is 3.89. The quantitative estimate of drug-likeness (QED) is 0.899. The van der Waals surface area contributed by atoms with E-state index in [1.165, 1.54) is 5.56 Å². The molecule has 1 saturated heterocycles. The smallest absolute Gasteiger partial charge is 0.227 e. The van der Waals surface area contributed by atoms with Crippen LogP contribution in [0.5, 0.6) is 0 Å². The number of likely N-dealkylation sites (tertiary alicyclic amines) is 1. The zero-order valence-corrected chi connectivity index (χ0v) is 12.7. The Labute approximate surface area is 135 Å². The highest BCUT2D eigenvalue weighted by Gasteiger charge is 2.52. The van der Waals surface area contributed by atoms with E-state index in [1.54, 1.807) is 12.4 Å². The number of fused-ring (bicyclic) bond motifs is 3. The van der Waals surface area contributed by atoms with Crippen molar-refractivity contribution in [3.8, 4) is 0 Å². The van der Waals surface area contributed by atoms with Gasteiger partial charge in [0.15, 0.2) is 0 Å². The van der Waals surface area contributed by atoms with Crippen molar-refractivity contribution >= 4 is 11.6 Å². The minimum absolute atomic E-state index is 0.00567. The maximum atomic E-state index is 12.7. The van der Waals surface area contributed by atoms with Gasteiger partial charge in [-0.2, -0.15) is 0 Å². The van der Waals surface area contributed by atoms with Crippen LogP contribution < -0.4 is 5.32 Å². The molecule has 1 fully saturated rings. The Bertz CT molecular complexity index is 719. The number of carbonyl (C=O) groups is 1. The van der Waals surface area contributed by atoms with Gasteiger partial charge in [-0.15, -0.1) is 0 Å². The van der Waals surface area contributed by atoms with Gasteiger partial charge in [0.2, 0.25) is 5.91 Å². The van der Waals surface area contributed by atoms with Crippen LogP contribution in [0.4, 0.5) is 5.69 Å². The number of para-hydroxylation sites is 1. The summed E-state index contributed by atoms with van der Waals surface area (Å²) in [7, 11) is 0. The molecule has 3 heterocycles. The number of nitrogens with one attached hydrogen (secondary N) is 1. The third kappa shape index (κ3) is 2.28. The largest absolute Gasteiger partial charge is 0.394 e. The molecule has 0 radical (unpaired) electrons. The summed E-state index contributed by atoms with van der Waals surface area (Å²) in [6.45, 7) is 0.727. The third-order valence-electron chi connectivity index (χ3n) is 4.92. The van der Waals surface area contributed by atoms with Crippen LogP contribution in [0.25, 0.3) is 0 Å². The molecule has 1 aromatic heterocycles. The average molecular weight is 309 g/mol. The molecular weight excluding hydrogens is 290 g/mol. The molecule has 5 nitrogen and oxygen atoms in total. The van der Waals surface area contributed by atoms with E-state index < -0.39 is 0 Å². The summed E-state index contributed by atoms with van der Waals surface area (Å²) in [5, 5.41) is 13.2. The second kappa shape index (κ2) is 5.66. The monoisotopic (exact) mass is 309 g/mol. The number of rotatable bonds is 3. The molecule has 2 aliphatic rings. The zero-order valence-electron chi connectivity index (χ0n) is 12.7. The Kier molecular flexibility index (Phi) is 3.50. The van der Waals surface area contributed by atoms with Gasteiger partial charge in [0, 0.05) is 30.5 Å². The van der Waals surface area contributed by atoms with Crippen LogP contribution in [0, 0.1) is 0 Å². The van der Waals surface area contributed by atoms with E-state index in [2.05, 4.69) is 22.4 Å². The lowest BCUT2D eigenvalue weighted by Gasteiger charge is -2.57. The second-order valence-corrected chi connectivity index (χ2v) is 6.15. The molecule has 0 unspecified atom stereocenters. The number of anilines is 1. The summed E-state index contributed by atoms with van der Waals surface area (Å²) in [5.41, 5.74) is 3.22. The van der Waals surface area contributed by atoms with E-state index in [-0.39, 0.29) is 30.5 Å². The van der Waals surface area contributed by atoms with Gasteiger partial charge >= 0.3 is 0 Å². The number of hydrogen-bond acceptors (Lipinski definition) is 4. The van der Waals surface area contributed by atoms with Crippen molar-refractivity contribution in [3.05, 3.63) is 59.9 Å². The van der Waals surface area contributed by atoms with E-state index in [0.717, 1.165) is 17.8 Å². The summed E-state index contributed by atoms with van der Waals surface area (Å²) >= 11 is 0. The van der Waals surface area contributed by atoms with Crippen LogP contribution in [0.3, 0.4) is 0 Å². The average Bonchev–Trinajstić information content (AvgIpc) is 2.56. The Morgan fingerprint density at radius 2 is 2.17 bits per heavy atom. The van der Waals surface area contributed by atoms with Crippen LogP contribution in [-0.4, -0.2) is 46.1 Å². The van der Waals surface area contributed by atoms with Crippen molar-refractivity contribution in [3.63, 3.8) is 0 Å². The molecule has 5 heteroatoms. The topological polar surface area (TPSA) is 65.5 Å². The lowest BCUT2D eigenvalue weighted by atomic mass is 9.72. The summed E-state index contributed by atoms with van der Waals surface area (Å²) < 4.78 is 0. The molecule has 2 aromatic rings. The predicted octanol–water partition coefficient (Wildman–Crippen LogP) is 1.41. The summed E-state index contributed by atoms with van der Waals surface area (Å²) in [5.74, 6) is 0.273. The zero-order chi connectivity index (χ0) is 15.8. The van der Waals surface area contributed by atoms with E-state index in [1.807, 2.05) is 29.2 Å². The van der Waals surface area contributed by atoms with Crippen molar-refractivity contribution in [1.29, 1.82) is 0 Å². The fraction of sp³-hybridized carbons (Fsp3) is 0.333. The van der Waals surface area contributed by atoms with E-state index in [9.17, 15) is 9.90 Å². The fourth-order valence-corrected chi connectivity index (χ4v) is 3.89. The number of benzene rings is 1. The number of aliphatic hydroxyl groups excluding tert-OH is 1. The molecule has 2 aliphatic heterocycles. The number of pyridine rings is 1. The lowest BCUT2D eigenvalue weighted by Crippen LogP contribution is -2.69. The third-order valence-corrected chi connectivity index (χ3v) is 4.92. The van der Waals surface area contributed by atoms with Gasteiger partial charge in [-0.3, -0.25) is 9.78 Å². The molecule has 1 aromatic carbocycles. The highest BCUT2D eigenvalue weighted by molar-refractivity contribution is 5.81. The van der Waals surface area contributed by atoms with E-state index in [0.29, 0.717) is 6.42 Å². The van der Waals surface area contributed by atoms with E-state index >= 15 is 0 Å².